The van der Waals surface area contributed by atoms with Crippen molar-refractivity contribution in [2.45, 2.75) is 19.5 Å². The number of nitriles is 1. The summed E-state index contributed by atoms with van der Waals surface area (Å²) < 4.78 is 15.1. The maximum Gasteiger partial charge on any atom is 0.326 e. The molecule has 37 heavy (non-hydrogen) atoms. The molecule has 0 saturated heterocycles. The van der Waals surface area contributed by atoms with Crippen LogP contribution in [0, 0.1) is 17.3 Å². The number of nitrogens with zero attached hydrogens (tertiary/aromatic N) is 4. The van der Waals surface area contributed by atoms with Gasteiger partial charge in [-0.25, -0.2) is 9.78 Å². The highest BCUT2D eigenvalue weighted by atomic mass is 35.5. The normalized spacial score (nSPS) is 13.6. The molecular weight excluding hydrogens is 512 g/mol. The summed E-state index contributed by atoms with van der Waals surface area (Å²) in [7, 11) is 0. The van der Waals surface area contributed by atoms with Crippen LogP contribution in [-0.4, -0.2) is 33.6 Å². The van der Waals surface area contributed by atoms with Crippen molar-refractivity contribution in [1.82, 2.24) is 19.8 Å². The fourth-order valence-electron chi connectivity index (χ4n) is 4.65. The molecule has 9 heteroatoms. The van der Waals surface area contributed by atoms with Crippen molar-refractivity contribution < 1.29 is 9.18 Å². The molecule has 0 atom stereocenters. The summed E-state index contributed by atoms with van der Waals surface area (Å²) in [4.78, 5) is 19.1. The van der Waals surface area contributed by atoms with E-state index < -0.39 is 5.95 Å². The Balaban J connectivity index is 1.39. The van der Waals surface area contributed by atoms with Crippen LogP contribution in [-0.2, 0) is 19.5 Å². The average Bonchev–Trinajstić information content (AvgIpc) is 3.21. The van der Waals surface area contributed by atoms with Gasteiger partial charge >= 0.3 is 6.03 Å². The maximum atomic E-state index is 13.5. The Morgan fingerprint density at radius 2 is 2.05 bits per heavy atom. The van der Waals surface area contributed by atoms with Gasteiger partial charge in [-0.2, -0.15) is 9.65 Å². The van der Waals surface area contributed by atoms with E-state index in [4.69, 9.17) is 23.2 Å². The van der Waals surface area contributed by atoms with Crippen LogP contribution in [0.15, 0.2) is 60.8 Å². The Labute approximate surface area is 223 Å². The van der Waals surface area contributed by atoms with Gasteiger partial charge in [0.05, 0.1) is 17.1 Å². The minimum atomic E-state index is -0.591. The minimum Gasteiger partial charge on any atom is -0.333 e. The number of hydrogen-bond donors (Lipinski definition) is 1. The topological polar surface area (TPSA) is 74.0 Å². The molecule has 0 aliphatic carbocycles. The lowest BCUT2D eigenvalue weighted by Crippen LogP contribution is -2.34. The smallest absolute Gasteiger partial charge is 0.326 e. The predicted molar refractivity (Wildman–Crippen MR) is 143 cm³/mol. The third-order valence-electron chi connectivity index (χ3n) is 6.42. The Kier molecular flexibility index (Phi) is 7.24. The van der Waals surface area contributed by atoms with Crippen molar-refractivity contribution in [1.29, 1.82) is 5.26 Å². The van der Waals surface area contributed by atoms with Gasteiger partial charge in [0.15, 0.2) is 0 Å². The third-order valence-corrected chi connectivity index (χ3v) is 6.98. The zero-order chi connectivity index (χ0) is 25.9. The molecule has 0 fully saturated rings. The second-order valence-electron chi connectivity index (χ2n) is 8.80. The fraction of sp³-hybridized carbons (Fsp3) is 0.179. The summed E-state index contributed by atoms with van der Waals surface area (Å²) in [5.41, 5.74) is 4.74. The summed E-state index contributed by atoms with van der Waals surface area (Å²) in [6, 6.07) is 15.6. The van der Waals surface area contributed by atoms with Gasteiger partial charge in [-0.05, 0) is 59.2 Å². The van der Waals surface area contributed by atoms with Crippen LogP contribution in [0.2, 0.25) is 10.0 Å². The van der Waals surface area contributed by atoms with Crippen molar-refractivity contribution >= 4 is 46.2 Å². The second-order valence-corrected chi connectivity index (χ2v) is 9.65. The van der Waals surface area contributed by atoms with Gasteiger partial charge in [-0.3, -0.25) is 9.47 Å². The quantitative estimate of drug-likeness (QED) is 0.310. The van der Waals surface area contributed by atoms with Gasteiger partial charge in [0, 0.05) is 59.9 Å². The van der Waals surface area contributed by atoms with Crippen LogP contribution in [0.5, 0.6) is 0 Å². The number of rotatable bonds is 5. The van der Waals surface area contributed by atoms with Gasteiger partial charge < -0.3 is 5.32 Å². The van der Waals surface area contributed by atoms with E-state index in [1.165, 1.54) is 12.3 Å². The Hall–Kier alpha value is -3.70. The molecule has 1 amide bonds. The van der Waals surface area contributed by atoms with Gasteiger partial charge in [0.2, 0.25) is 5.95 Å². The number of amides is 1. The summed E-state index contributed by atoms with van der Waals surface area (Å²) >= 11 is 12.3. The number of fused-ring (bicyclic) bond motifs is 3. The first-order valence-electron chi connectivity index (χ1n) is 11.7. The first-order valence-corrected chi connectivity index (χ1v) is 12.5. The van der Waals surface area contributed by atoms with Crippen molar-refractivity contribution in [3.05, 3.63) is 105 Å². The van der Waals surface area contributed by atoms with E-state index in [0.717, 1.165) is 34.3 Å². The number of pyridine rings is 1. The standard InChI is InChI=1S/C28H22Cl2FN5O/c29-21-5-4-20(24(30)14-21)2-1-10-35-11-8-26-23(17-35)22-12-18(15-32)3-6-25(22)36(26)28(37)34-16-19-7-9-33-27(31)13-19/h1-7,9,12-14H,8,10-11,16-17H2,(H,34,37)/b2-1+. The molecule has 0 bridgehead atoms. The molecule has 186 valence electrons. The lowest BCUT2D eigenvalue weighted by molar-refractivity contribution is 0.240. The van der Waals surface area contributed by atoms with E-state index in [1.807, 2.05) is 24.3 Å². The van der Waals surface area contributed by atoms with Gasteiger partial charge in [-0.1, -0.05) is 41.4 Å². The SMILES string of the molecule is N#Cc1ccc2c(c1)c1c(n2C(=O)NCc2ccnc(F)c2)CCN(C/C=C/c2ccc(Cl)cc2Cl)C1. The highest BCUT2D eigenvalue weighted by molar-refractivity contribution is 6.35. The van der Waals surface area contributed by atoms with Crippen molar-refractivity contribution in [2.24, 2.45) is 0 Å². The second kappa shape index (κ2) is 10.7. The molecule has 4 aromatic rings. The molecule has 2 aromatic carbocycles. The maximum absolute atomic E-state index is 13.5. The fourth-order valence-corrected chi connectivity index (χ4v) is 5.12. The Bertz CT molecular complexity index is 1570. The average molecular weight is 534 g/mol. The van der Waals surface area contributed by atoms with Crippen LogP contribution in [0.1, 0.15) is 27.9 Å². The lowest BCUT2D eigenvalue weighted by atomic mass is 10.0. The van der Waals surface area contributed by atoms with E-state index in [0.29, 0.717) is 40.7 Å². The number of aromatic nitrogens is 2. The first kappa shape index (κ1) is 25.0. The third kappa shape index (κ3) is 5.37. The van der Waals surface area contributed by atoms with Crippen molar-refractivity contribution in [3.8, 4) is 6.07 Å². The number of hydrogen-bond acceptors (Lipinski definition) is 4. The molecule has 0 saturated carbocycles. The van der Waals surface area contributed by atoms with E-state index in [-0.39, 0.29) is 12.6 Å². The van der Waals surface area contributed by atoms with Crippen LogP contribution in [0.4, 0.5) is 9.18 Å². The van der Waals surface area contributed by atoms with Crippen LogP contribution >= 0.6 is 23.2 Å². The summed E-state index contributed by atoms with van der Waals surface area (Å²) in [5.74, 6) is -0.591. The zero-order valence-corrected chi connectivity index (χ0v) is 21.2. The molecule has 1 aliphatic rings. The van der Waals surface area contributed by atoms with Crippen molar-refractivity contribution in [2.75, 3.05) is 13.1 Å². The van der Waals surface area contributed by atoms with Crippen LogP contribution < -0.4 is 5.32 Å². The molecular formula is C28H22Cl2FN5O. The minimum absolute atomic E-state index is 0.174. The number of nitrogens with one attached hydrogen (secondary N) is 1. The molecule has 1 aliphatic heterocycles. The molecule has 2 aromatic heterocycles. The zero-order valence-electron chi connectivity index (χ0n) is 19.7. The molecule has 6 nitrogen and oxygen atoms in total. The Morgan fingerprint density at radius 3 is 2.84 bits per heavy atom. The van der Waals surface area contributed by atoms with Gasteiger partial charge in [-0.15, -0.1) is 0 Å². The van der Waals surface area contributed by atoms with Gasteiger partial charge in [0.1, 0.15) is 0 Å². The van der Waals surface area contributed by atoms with E-state index >= 15 is 0 Å². The number of carbonyl (C=O) groups is 1. The molecule has 5 rings (SSSR count). The van der Waals surface area contributed by atoms with E-state index in [2.05, 4.69) is 27.3 Å². The van der Waals surface area contributed by atoms with Gasteiger partial charge in [0.25, 0.3) is 0 Å². The molecule has 0 radical (unpaired) electrons. The lowest BCUT2D eigenvalue weighted by Gasteiger charge is -2.27. The largest absolute Gasteiger partial charge is 0.333 e. The van der Waals surface area contributed by atoms with Crippen LogP contribution in [0.25, 0.3) is 17.0 Å². The highest BCUT2D eigenvalue weighted by Crippen LogP contribution is 2.32. The molecule has 3 heterocycles. The monoisotopic (exact) mass is 533 g/mol. The number of halogens is 3. The first-order chi connectivity index (χ1) is 17.9. The van der Waals surface area contributed by atoms with Crippen molar-refractivity contribution in [3.63, 3.8) is 0 Å². The highest BCUT2D eigenvalue weighted by Gasteiger charge is 2.26. The summed E-state index contributed by atoms with van der Waals surface area (Å²) in [5, 5.41) is 14.4. The number of benzene rings is 2. The molecule has 1 N–H and O–H groups in total. The Morgan fingerprint density at radius 1 is 1.19 bits per heavy atom. The molecule has 0 spiro atoms. The molecule has 0 unspecified atom stereocenters. The predicted octanol–water partition coefficient (Wildman–Crippen LogP) is 6.18. The summed E-state index contributed by atoms with van der Waals surface area (Å²) in [6.07, 6.45) is 6.07. The summed E-state index contributed by atoms with van der Waals surface area (Å²) in [6.45, 7) is 2.27. The van der Waals surface area contributed by atoms with Crippen LogP contribution in [0.3, 0.4) is 0 Å². The van der Waals surface area contributed by atoms with E-state index in [9.17, 15) is 14.4 Å². The number of carbonyl (C=O) groups excluding carboxylic acids is 1. The van der Waals surface area contributed by atoms with E-state index in [1.54, 1.807) is 28.8 Å².